The number of benzene rings is 2. The molecule has 2 aromatic carbocycles. The Morgan fingerprint density at radius 3 is 2.08 bits per heavy atom. The lowest BCUT2D eigenvalue weighted by atomic mass is 10.1. The highest BCUT2D eigenvalue weighted by molar-refractivity contribution is 5.97. The van der Waals surface area contributed by atoms with E-state index in [0.717, 1.165) is 28.8 Å². The number of anilines is 2. The van der Waals surface area contributed by atoms with Crippen LogP contribution in [0.1, 0.15) is 29.2 Å². The number of nitrogens with zero attached hydrogens (tertiary/aromatic N) is 1. The molecule has 3 amide bonds. The van der Waals surface area contributed by atoms with E-state index in [1.807, 2.05) is 57.2 Å². The van der Waals surface area contributed by atoms with E-state index in [0.29, 0.717) is 5.69 Å². The fourth-order valence-corrected chi connectivity index (χ4v) is 2.89. The summed E-state index contributed by atoms with van der Waals surface area (Å²) in [5.74, 6) is -0.223. The first kappa shape index (κ1) is 19.5. The molecule has 2 rings (SSSR count). The predicted molar refractivity (Wildman–Crippen MR) is 107 cm³/mol. The number of rotatable bonds is 5. The number of urea groups is 1. The number of hydrogen-bond donors (Lipinski definition) is 2. The second-order valence-electron chi connectivity index (χ2n) is 6.66. The van der Waals surface area contributed by atoms with Crippen LogP contribution in [0.3, 0.4) is 0 Å². The second kappa shape index (κ2) is 8.52. The Kier molecular flexibility index (Phi) is 6.39. The lowest BCUT2D eigenvalue weighted by Gasteiger charge is -2.19. The number of nitrogens with one attached hydrogen (secondary N) is 2. The quantitative estimate of drug-likeness (QED) is 0.843. The molecule has 0 bridgehead atoms. The lowest BCUT2D eigenvalue weighted by molar-refractivity contribution is -0.116. The Morgan fingerprint density at radius 2 is 1.54 bits per heavy atom. The highest BCUT2D eigenvalue weighted by atomic mass is 16.2. The number of aryl methyl sites for hydroxylation is 4. The molecule has 5 heteroatoms. The van der Waals surface area contributed by atoms with Crippen LogP contribution >= 0.6 is 0 Å². The summed E-state index contributed by atoms with van der Waals surface area (Å²) in [6.07, 6.45) is 0.951. The van der Waals surface area contributed by atoms with Crippen molar-refractivity contribution >= 4 is 23.3 Å². The number of hydrogen-bond acceptors (Lipinski definition) is 2. The van der Waals surface area contributed by atoms with Gasteiger partial charge in [0.05, 0.1) is 0 Å². The average molecular weight is 353 g/mol. The van der Waals surface area contributed by atoms with E-state index in [-0.39, 0.29) is 18.5 Å². The molecule has 0 radical (unpaired) electrons. The number of amides is 3. The van der Waals surface area contributed by atoms with Gasteiger partial charge in [-0.1, -0.05) is 36.8 Å². The lowest BCUT2D eigenvalue weighted by Crippen LogP contribution is -2.37. The summed E-state index contributed by atoms with van der Waals surface area (Å²) in [7, 11) is 1.60. The first-order valence-corrected chi connectivity index (χ1v) is 8.79. The minimum atomic E-state index is -0.318. The third-order valence-corrected chi connectivity index (χ3v) is 4.28. The summed E-state index contributed by atoms with van der Waals surface area (Å²) in [5, 5.41) is 5.71. The van der Waals surface area contributed by atoms with Crippen LogP contribution < -0.4 is 10.6 Å². The molecule has 0 heterocycles. The smallest absolute Gasteiger partial charge is 0.322 e. The zero-order valence-corrected chi connectivity index (χ0v) is 16.1. The third-order valence-electron chi connectivity index (χ3n) is 4.28. The zero-order chi connectivity index (χ0) is 19.3. The predicted octanol–water partition coefficient (Wildman–Crippen LogP) is 4.28. The fourth-order valence-electron chi connectivity index (χ4n) is 2.89. The van der Waals surface area contributed by atoms with E-state index < -0.39 is 0 Å². The van der Waals surface area contributed by atoms with Crippen LogP contribution in [-0.4, -0.2) is 30.4 Å². The van der Waals surface area contributed by atoms with Gasteiger partial charge in [0.2, 0.25) is 5.91 Å². The molecule has 0 aliphatic heterocycles. The molecule has 0 saturated carbocycles. The first-order valence-electron chi connectivity index (χ1n) is 8.79. The standard InChI is InChI=1S/C21H27N3O2/c1-6-17-7-9-18(10-8-17)22-21(26)24(5)13-19(25)23-20-15(3)11-14(2)12-16(20)4/h7-12H,6,13H2,1-5H3,(H,22,26)(H,23,25). The first-order chi connectivity index (χ1) is 12.3. The summed E-state index contributed by atoms with van der Waals surface area (Å²) in [4.78, 5) is 26.0. The van der Waals surface area contributed by atoms with E-state index in [1.165, 1.54) is 10.5 Å². The molecule has 0 spiro atoms. The van der Waals surface area contributed by atoms with E-state index >= 15 is 0 Å². The van der Waals surface area contributed by atoms with Gasteiger partial charge in [-0.3, -0.25) is 4.79 Å². The van der Waals surface area contributed by atoms with Gasteiger partial charge >= 0.3 is 6.03 Å². The molecule has 0 fully saturated rings. The van der Waals surface area contributed by atoms with Gasteiger partial charge in [0, 0.05) is 18.4 Å². The van der Waals surface area contributed by atoms with Crippen LogP contribution in [0.2, 0.25) is 0 Å². The van der Waals surface area contributed by atoms with E-state index in [9.17, 15) is 9.59 Å². The van der Waals surface area contributed by atoms with Gasteiger partial charge in [-0.25, -0.2) is 4.79 Å². The van der Waals surface area contributed by atoms with Crippen LogP contribution in [0.15, 0.2) is 36.4 Å². The zero-order valence-electron chi connectivity index (χ0n) is 16.1. The van der Waals surface area contributed by atoms with Crippen molar-refractivity contribution in [2.45, 2.75) is 34.1 Å². The summed E-state index contributed by atoms with van der Waals surface area (Å²) in [5.41, 5.74) is 5.91. The largest absolute Gasteiger partial charge is 0.324 e. The van der Waals surface area contributed by atoms with Crippen molar-refractivity contribution in [2.75, 3.05) is 24.2 Å². The molecule has 2 aromatic rings. The fraction of sp³-hybridized carbons (Fsp3) is 0.333. The SMILES string of the molecule is CCc1ccc(NC(=O)N(C)CC(=O)Nc2c(C)cc(C)cc2C)cc1. The maximum atomic E-state index is 12.3. The van der Waals surface area contributed by atoms with Crippen molar-refractivity contribution < 1.29 is 9.59 Å². The number of carbonyl (C=O) groups excluding carboxylic acids is 2. The van der Waals surface area contributed by atoms with Crippen LogP contribution in [0.25, 0.3) is 0 Å². The van der Waals surface area contributed by atoms with Gasteiger partial charge in [0.1, 0.15) is 6.54 Å². The summed E-state index contributed by atoms with van der Waals surface area (Å²) >= 11 is 0. The molecule has 0 atom stereocenters. The molecular weight excluding hydrogens is 326 g/mol. The normalized spacial score (nSPS) is 10.3. The molecule has 0 unspecified atom stereocenters. The minimum absolute atomic E-state index is 0.0222. The van der Waals surface area contributed by atoms with Crippen LogP contribution in [-0.2, 0) is 11.2 Å². The van der Waals surface area contributed by atoms with E-state index in [2.05, 4.69) is 17.6 Å². The molecule has 0 aliphatic rings. The summed E-state index contributed by atoms with van der Waals surface area (Å²) in [6, 6.07) is 11.4. The van der Waals surface area contributed by atoms with Crippen molar-refractivity contribution in [2.24, 2.45) is 0 Å². The number of carbonyl (C=O) groups is 2. The molecule has 5 nitrogen and oxygen atoms in total. The average Bonchev–Trinajstić information content (AvgIpc) is 2.58. The monoisotopic (exact) mass is 353 g/mol. The van der Waals surface area contributed by atoms with Crippen molar-refractivity contribution in [3.63, 3.8) is 0 Å². The van der Waals surface area contributed by atoms with Crippen LogP contribution in [0, 0.1) is 20.8 Å². The van der Waals surface area contributed by atoms with Gasteiger partial charge in [-0.2, -0.15) is 0 Å². The third kappa shape index (κ3) is 5.09. The maximum Gasteiger partial charge on any atom is 0.322 e. The Balaban J connectivity index is 1.94. The van der Waals surface area contributed by atoms with Crippen LogP contribution in [0.4, 0.5) is 16.2 Å². The Labute approximate surface area is 155 Å². The van der Waals surface area contributed by atoms with Gasteiger partial charge in [0.15, 0.2) is 0 Å². The van der Waals surface area contributed by atoms with Crippen molar-refractivity contribution in [3.8, 4) is 0 Å². The topological polar surface area (TPSA) is 61.4 Å². The van der Waals surface area contributed by atoms with Crippen molar-refractivity contribution in [1.29, 1.82) is 0 Å². The van der Waals surface area contributed by atoms with Gasteiger partial charge < -0.3 is 15.5 Å². The Bertz CT molecular complexity index is 774. The van der Waals surface area contributed by atoms with Gasteiger partial charge in [-0.05, 0) is 56.0 Å². The highest BCUT2D eigenvalue weighted by Crippen LogP contribution is 2.21. The Morgan fingerprint density at radius 1 is 0.962 bits per heavy atom. The summed E-state index contributed by atoms with van der Waals surface area (Å²) < 4.78 is 0. The molecular formula is C21H27N3O2. The van der Waals surface area contributed by atoms with E-state index in [4.69, 9.17) is 0 Å². The molecule has 26 heavy (non-hydrogen) atoms. The second-order valence-corrected chi connectivity index (χ2v) is 6.66. The minimum Gasteiger partial charge on any atom is -0.324 e. The van der Waals surface area contributed by atoms with Gasteiger partial charge in [0.25, 0.3) is 0 Å². The maximum absolute atomic E-state index is 12.3. The molecule has 0 aromatic heterocycles. The Hall–Kier alpha value is -2.82. The molecule has 138 valence electrons. The van der Waals surface area contributed by atoms with Gasteiger partial charge in [-0.15, -0.1) is 0 Å². The highest BCUT2D eigenvalue weighted by Gasteiger charge is 2.15. The number of likely N-dealkylation sites (N-methyl/N-ethyl adjacent to an activating group) is 1. The molecule has 0 aliphatic carbocycles. The van der Waals surface area contributed by atoms with Crippen molar-refractivity contribution in [3.05, 3.63) is 58.7 Å². The van der Waals surface area contributed by atoms with E-state index in [1.54, 1.807) is 7.05 Å². The summed E-state index contributed by atoms with van der Waals surface area (Å²) in [6.45, 7) is 8.01. The molecule has 2 N–H and O–H groups in total. The molecule has 0 saturated heterocycles. The van der Waals surface area contributed by atoms with Crippen molar-refractivity contribution in [1.82, 2.24) is 4.90 Å². The van der Waals surface area contributed by atoms with Crippen LogP contribution in [0.5, 0.6) is 0 Å².